The Hall–Kier alpha value is -1.82. The summed E-state index contributed by atoms with van der Waals surface area (Å²) in [5, 5.41) is 15.2. The molecule has 0 saturated heterocycles. The van der Waals surface area contributed by atoms with Crippen LogP contribution in [0.1, 0.15) is 28.7 Å². The lowest BCUT2D eigenvalue weighted by Gasteiger charge is -2.04. The number of ether oxygens (including phenoxy) is 6. The lowest BCUT2D eigenvalue weighted by molar-refractivity contribution is -0.141. The molecular formula is C22H46O10. The van der Waals surface area contributed by atoms with Crippen LogP contribution in [0.25, 0.3) is 0 Å². The van der Waals surface area contributed by atoms with Gasteiger partial charge in [0.25, 0.3) is 0 Å². The number of esters is 2. The largest absolute Gasteiger partial charge is 0.460 e. The van der Waals surface area contributed by atoms with Crippen LogP contribution in [0, 0.1) is 0 Å². The summed E-state index contributed by atoms with van der Waals surface area (Å²) in [7, 11) is 3.20. The SMILES string of the molecule is C.C.C=C(C)C(=O)OCCOCCOC.C=C(C)C(=O)OCCOCCOC.OCCO. The molecule has 0 heterocycles. The van der Waals surface area contributed by atoms with Gasteiger partial charge >= 0.3 is 11.9 Å². The highest BCUT2D eigenvalue weighted by Crippen LogP contribution is 1.92. The van der Waals surface area contributed by atoms with Gasteiger partial charge in [0.1, 0.15) is 13.2 Å². The van der Waals surface area contributed by atoms with E-state index in [1.807, 2.05) is 0 Å². The average Bonchev–Trinajstić information content (AvgIpc) is 2.73. The molecule has 0 aliphatic carbocycles. The predicted octanol–water partition coefficient (Wildman–Crippen LogP) is 1.78. The lowest BCUT2D eigenvalue weighted by Crippen LogP contribution is -2.12. The maximum atomic E-state index is 10.8. The number of methoxy groups -OCH3 is 2. The Bertz CT molecular complexity index is 398. The van der Waals surface area contributed by atoms with E-state index in [0.29, 0.717) is 50.8 Å². The van der Waals surface area contributed by atoms with Crippen LogP contribution in [-0.4, -0.2) is 102 Å². The third-order valence-corrected chi connectivity index (χ3v) is 2.58. The van der Waals surface area contributed by atoms with Gasteiger partial charge in [-0.3, -0.25) is 0 Å². The van der Waals surface area contributed by atoms with E-state index in [0.717, 1.165) is 0 Å². The van der Waals surface area contributed by atoms with E-state index in [4.69, 9.17) is 38.6 Å². The maximum Gasteiger partial charge on any atom is 0.333 e. The van der Waals surface area contributed by atoms with Crippen molar-refractivity contribution in [1.82, 2.24) is 0 Å². The van der Waals surface area contributed by atoms with Crippen molar-refractivity contribution in [1.29, 1.82) is 0 Å². The van der Waals surface area contributed by atoms with Gasteiger partial charge in [-0.25, -0.2) is 9.59 Å². The molecule has 0 aromatic rings. The van der Waals surface area contributed by atoms with Crippen molar-refractivity contribution in [3.8, 4) is 0 Å². The Morgan fingerprint density at radius 1 is 0.625 bits per heavy atom. The smallest absolute Gasteiger partial charge is 0.333 e. The van der Waals surface area contributed by atoms with Crippen LogP contribution < -0.4 is 0 Å². The first kappa shape index (κ1) is 40.5. The molecular weight excluding hydrogens is 424 g/mol. The molecule has 0 amide bonds. The first-order chi connectivity index (χ1) is 14.3. The summed E-state index contributed by atoms with van der Waals surface area (Å²) in [6, 6.07) is 0. The third kappa shape index (κ3) is 38.7. The van der Waals surface area contributed by atoms with Crippen LogP contribution in [-0.2, 0) is 38.0 Å². The summed E-state index contributed by atoms with van der Waals surface area (Å²) in [6.45, 7) is 13.3. The molecule has 32 heavy (non-hydrogen) atoms. The summed E-state index contributed by atoms with van der Waals surface area (Å²) >= 11 is 0. The van der Waals surface area contributed by atoms with Gasteiger partial charge in [0.05, 0.1) is 52.9 Å². The van der Waals surface area contributed by atoms with E-state index >= 15 is 0 Å². The van der Waals surface area contributed by atoms with Crippen LogP contribution in [0.4, 0.5) is 0 Å². The highest BCUT2D eigenvalue weighted by Gasteiger charge is 2.02. The molecule has 194 valence electrons. The molecule has 0 aliphatic rings. The topological polar surface area (TPSA) is 130 Å². The maximum absolute atomic E-state index is 10.8. The fourth-order valence-corrected chi connectivity index (χ4v) is 1.12. The molecule has 0 atom stereocenters. The Kier molecular flexibility index (Phi) is 42.8. The number of carbonyl (C=O) groups excluding carboxylic acids is 2. The van der Waals surface area contributed by atoms with Gasteiger partial charge in [0, 0.05) is 25.4 Å². The molecule has 0 aliphatic heterocycles. The number of carbonyl (C=O) groups is 2. The zero-order valence-corrected chi connectivity index (χ0v) is 18.6. The van der Waals surface area contributed by atoms with Crippen molar-refractivity contribution in [3.05, 3.63) is 24.3 Å². The second kappa shape index (κ2) is 33.8. The van der Waals surface area contributed by atoms with Gasteiger partial charge in [-0.1, -0.05) is 28.0 Å². The summed E-state index contributed by atoms with van der Waals surface area (Å²) < 4.78 is 29.2. The molecule has 0 fully saturated rings. The van der Waals surface area contributed by atoms with Crippen molar-refractivity contribution in [3.63, 3.8) is 0 Å². The van der Waals surface area contributed by atoms with Gasteiger partial charge in [0.15, 0.2) is 0 Å². The van der Waals surface area contributed by atoms with E-state index in [2.05, 4.69) is 13.2 Å². The predicted molar refractivity (Wildman–Crippen MR) is 125 cm³/mol. The van der Waals surface area contributed by atoms with Gasteiger partial charge in [-0.15, -0.1) is 0 Å². The van der Waals surface area contributed by atoms with Gasteiger partial charge < -0.3 is 38.6 Å². The van der Waals surface area contributed by atoms with Crippen LogP contribution in [0.15, 0.2) is 24.3 Å². The van der Waals surface area contributed by atoms with Crippen LogP contribution >= 0.6 is 0 Å². The number of aliphatic hydroxyl groups is 2. The monoisotopic (exact) mass is 470 g/mol. The molecule has 0 saturated carbocycles. The molecule has 2 N–H and O–H groups in total. The summed E-state index contributed by atoms with van der Waals surface area (Å²) in [4.78, 5) is 21.7. The minimum absolute atomic E-state index is 0. The number of aliphatic hydroxyl groups excluding tert-OH is 2. The Balaban J connectivity index is -0.000000123. The zero-order valence-electron chi connectivity index (χ0n) is 18.6. The summed E-state index contributed by atoms with van der Waals surface area (Å²) in [5.74, 6) is -0.759. The number of hydrogen-bond acceptors (Lipinski definition) is 10. The second-order valence-electron chi connectivity index (χ2n) is 5.49. The molecule has 0 aromatic heterocycles. The second-order valence-corrected chi connectivity index (χ2v) is 5.49. The van der Waals surface area contributed by atoms with Gasteiger partial charge in [-0.2, -0.15) is 0 Å². The standard InChI is InChI=1S/2C9H16O4.C2H6O2.2CH4/c2*1-8(2)9(10)13-7-6-12-5-4-11-3;3-1-2-4;;/h2*1,4-7H2,2-3H3;3-4H,1-2H2;2*1H4. The van der Waals surface area contributed by atoms with Crippen molar-refractivity contribution in [2.24, 2.45) is 0 Å². The highest BCUT2D eigenvalue weighted by atomic mass is 16.6. The number of hydrogen-bond donors (Lipinski definition) is 2. The van der Waals surface area contributed by atoms with E-state index in [-0.39, 0.29) is 53.2 Å². The van der Waals surface area contributed by atoms with E-state index in [1.165, 1.54) is 0 Å². The zero-order chi connectivity index (χ0) is 23.6. The van der Waals surface area contributed by atoms with Crippen molar-refractivity contribution >= 4 is 11.9 Å². The Labute approximate surface area is 194 Å². The Morgan fingerprint density at radius 2 is 0.906 bits per heavy atom. The van der Waals surface area contributed by atoms with Gasteiger partial charge in [0.2, 0.25) is 0 Å². The van der Waals surface area contributed by atoms with Crippen molar-refractivity contribution < 1.29 is 48.2 Å². The fraction of sp³-hybridized carbons (Fsp3) is 0.727. The Morgan fingerprint density at radius 3 is 1.12 bits per heavy atom. The molecule has 0 rings (SSSR count). The van der Waals surface area contributed by atoms with E-state index < -0.39 is 0 Å². The fourth-order valence-electron chi connectivity index (χ4n) is 1.12. The average molecular weight is 471 g/mol. The van der Waals surface area contributed by atoms with E-state index in [9.17, 15) is 9.59 Å². The number of rotatable bonds is 15. The van der Waals surface area contributed by atoms with Crippen LogP contribution in [0.2, 0.25) is 0 Å². The van der Waals surface area contributed by atoms with Crippen molar-refractivity contribution in [2.45, 2.75) is 28.7 Å². The quantitative estimate of drug-likeness (QED) is 0.207. The molecule has 0 spiro atoms. The molecule has 0 unspecified atom stereocenters. The summed E-state index contributed by atoms with van der Waals surface area (Å²) in [6.07, 6.45) is 0. The third-order valence-electron chi connectivity index (χ3n) is 2.58. The molecule has 0 bridgehead atoms. The van der Waals surface area contributed by atoms with Crippen molar-refractivity contribution in [2.75, 3.05) is 80.3 Å². The minimum Gasteiger partial charge on any atom is -0.460 e. The molecule has 0 radical (unpaired) electrons. The van der Waals surface area contributed by atoms with Gasteiger partial charge in [-0.05, 0) is 13.8 Å². The highest BCUT2D eigenvalue weighted by molar-refractivity contribution is 5.87. The molecule has 10 nitrogen and oxygen atoms in total. The van der Waals surface area contributed by atoms with Crippen LogP contribution in [0.3, 0.4) is 0 Å². The van der Waals surface area contributed by atoms with E-state index in [1.54, 1.807) is 28.1 Å². The normalized spacial score (nSPS) is 8.81. The summed E-state index contributed by atoms with van der Waals surface area (Å²) in [5.41, 5.74) is 0.800. The lowest BCUT2D eigenvalue weighted by atomic mass is 10.4. The minimum atomic E-state index is -0.379. The van der Waals surface area contributed by atoms with Crippen LogP contribution in [0.5, 0.6) is 0 Å². The first-order valence-electron chi connectivity index (χ1n) is 9.28. The molecule has 0 aromatic carbocycles. The first-order valence-corrected chi connectivity index (χ1v) is 9.28. The molecule has 10 heteroatoms.